The molecule has 1 aromatic rings. The van der Waals surface area contributed by atoms with Gasteiger partial charge >= 0.3 is 0 Å². The fourth-order valence-corrected chi connectivity index (χ4v) is 1.41. The number of halogens is 1. The van der Waals surface area contributed by atoms with Crippen LogP contribution in [0.25, 0.3) is 0 Å². The maximum absolute atomic E-state index is 11.5. The molecule has 0 unspecified atom stereocenters. The van der Waals surface area contributed by atoms with Crippen molar-refractivity contribution in [3.8, 4) is 0 Å². The van der Waals surface area contributed by atoms with Gasteiger partial charge in [0, 0.05) is 13.5 Å². The first-order valence-electron chi connectivity index (χ1n) is 5.21. The van der Waals surface area contributed by atoms with Crippen LogP contribution in [0.3, 0.4) is 0 Å². The van der Waals surface area contributed by atoms with Crippen molar-refractivity contribution in [1.29, 1.82) is 0 Å². The summed E-state index contributed by atoms with van der Waals surface area (Å²) >= 11 is 0. The Balaban J connectivity index is 0.00000128. The van der Waals surface area contributed by atoms with Gasteiger partial charge in [-0.3, -0.25) is 4.79 Å². The van der Waals surface area contributed by atoms with Gasteiger partial charge < -0.3 is 10.6 Å². The number of aromatic nitrogens is 1. The van der Waals surface area contributed by atoms with Crippen molar-refractivity contribution >= 4 is 29.8 Å². The number of amides is 1. The van der Waals surface area contributed by atoms with Crippen molar-refractivity contribution in [2.75, 3.05) is 17.7 Å². The van der Waals surface area contributed by atoms with Crippen LogP contribution in [0.4, 0.5) is 11.5 Å². The van der Waals surface area contributed by atoms with Gasteiger partial charge in [-0.1, -0.05) is 0 Å². The summed E-state index contributed by atoms with van der Waals surface area (Å²) in [4.78, 5) is 15.6. The number of carbonyl (C=O) groups is 1. The Morgan fingerprint density at radius 3 is 2.75 bits per heavy atom. The Hall–Kier alpha value is -1.29. The standard InChI is InChI=1S/C11H15N3O.ClH/c1-12-10-5-4-9(7-13-10)14-11(15)6-8-2-3-8;/h4-5,7-8H,2-3,6H2,1H3,(H,12,13)(H,14,15);1H. The molecule has 0 saturated heterocycles. The Morgan fingerprint density at radius 1 is 1.50 bits per heavy atom. The predicted octanol–water partition coefficient (Wildman–Crippen LogP) is 2.28. The Bertz CT molecular complexity index is 349. The van der Waals surface area contributed by atoms with Crippen molar-refractivity contribution in [1.82, 2.24) is 4.98 Å². The van der Waals surface area contributed by atoms with Crippen molar-refractivity contribution in [2.24, 2.45) is 5.92 Å². The molecule has 0 radical (unpaired) electrons. The lowest BCUT2D eigenvalue weighted by Crippen LogP contribution is -2.12. The lowest BCUT2D eigenvalue weighted by atomic mass is 10.3. The maximum atomic E-state index is 11.5. The fourth-order valence-electron chi connectivity index (χ4n) is 1.41. The first-order chi connectivity index (χ1) is 7.28. The van der Waals surface area contributed by atoms with E-state index >= 15 is 0 Å². The summed E-state index contributed by atoms with van der Waals surface area (Å²) in [6, 6.07) is 3.69. The molecule has 1 saturated carbocycles. The van der Waals surface area contributed by atoms with E-state index in [1.165, 1.54) is 12.8 Å². The molecule has 1 aliphatic carbocycles. The first kappa shape index (κ1) is 12.8. The topological polar surface area (TPSA) is 54.0 Å². The average molecular weight is 242 g/mol. The van der Waals surface area contributed by atoms with Gasteiger partial charge in [-0.2, -0.15) is 0 Å². The van der Waals surface area contributed by atoms with Crippen LogP contribution in [0, 0.1) is 5.92 Å². The smallest absolute Gasteiger partial charge is 0.224 e. The Morgan fingerprint density at radius 2 is 2.25 bits per heavy atom. The molecule has 4 nitrogen and oxygen atoms in total. The second-order valence-electron chi connectivity index (χ2n) is 3.88. The zero-order valence-corrected chi connectivity index (χ0v) is 10.0. The van der Waals surface area contributed by atoms with E-state index in [2.05, 4.69) is 15.6 Å². The molecule has 0 atom stereocenters. The molecular weight excluding hydrogens is 226 g/mol. The molecule has 1 heterocycles. The highest BCUT2D eigenvalue weighted by molar-refractivity contribution is 5.90. The Kier molecular flexibility index (Phi) is 4.55. The number of carbonyl (C=O) groups excluding carboxylic acids is 1. The number of hydrogen-bond donors (Lipinski definition) is 2. The molecule has 0 bridgehead atoms. The molecular formula is C11H16ClN3O. The molecule has 88 valence electrons. The van der Waals surface area contributed by atoms with Gasteiger partial charge in [0.25, 0.3) is 0 Å². The third-order valence-corrected chi connectivity index (χ3v) is 2.47. The summed E-state index contributed by atoms with van der Waals surface area (Å²) < 4.78 is 0. The van der Waals surface area contributed by atoms with E-state index in [0.29, 0.717) is 12.3 Å². The number of nitrogens with one attached hydrogen (secondary N) is 2. The highest BCUT2D eigenvalue weighted by Crippen LogP contribution is 2.32. The molecule has 0 spiro atoms. The second-order valence-corrected chi connectivity index (χ2v) is 3.88. The minimum Gasteiger partial charge on any atom is -0.373 e. The zero-order chi connectivity index (χ0) is 10.7. The zero-order valence-electron chi connectivity index (χ0n) is 9.19. The van der Waals surface area contributed by atoms with E-state index < -0.39 is 0 Å². The van der Waals surface area contributed by atoms with E-state index in [4.69, 9.17) is 0 Å². The van der Waals surface area contributed by atoms with Gasteiger partial charge in [0.1, 0.15) is 5.82 Å². The van der Waals surface area contributed by atoms with E-state index in [1.54, 1.807) is 6.20 Å². The van der Waals surface area contributed by atoms with E-state index in [9.17, 15) is 4.79 Å². The van der Waals surface area contributed by atoms with Crippen molar-refractivity contribution in [3.05, 3.63) is 18.3 Å². The summed E-state index contributed by atoms with van der Waals surface area (Å²) in [6.45, 7) is 0. The van der Waals surface area contributed by atoms with Crippen LogP contribution in [0.15, 0.2) is 18.3 Å². The number of nitrogens with zero attached hydrogens (tertiary/aromatic N) is 1. The van der Waals surface area contributed by atoms with E-state index in [1.807, 2.05) is 19.2 Å². The lowest BCUT2D eigenvalue weighted by molar-refractivity contribution is -0.116. The molecule has 5 heteroatoms. The van der Waals surface area contributed by atoms with Crippen LogP contribution in [-0.2, 0) is 4.79 Å². The average Bonchev–Trinajstić information content (AvgIpc) is 3.03. The highest BCUT2D eigenvalue weighted by atomic mass is 35.5. The second kappa shape index (κ2) is 5.70. The van der Waals surface area contributed by atoms with Gasteiger partial charge in [0.15, 0.2) is 0 Å². The van der Waals surface area contributed by atoms with Crippen molar-refractivity contribution in [2.45, 2.75) is 19.3 Å². The minimum absolute atomic E-state index is 0. The molecule has 1 aliphatic rings. The van der Waals surface area contributed by atoms with Gasteiger partial charge in [0.05, 0.1) is 11.9 Å². The van der Waals surface area contributed by atoms with Crippen LogP contribution in [-0.4, -0.2) is 17.9 Å². The summed E-state index contributed by atoms with van der Waals surface area (Å²) in [6.07, 6.45) is 4.71. The molecule has 1 amide bonds. The van der Waals surface area contributed by atoms with E-state index in [-0.39, 0.29) is 18.3 Å². The molecule has 0 aromatic carbocycles. The normalized spacial score (nSPS) is 13.8. The van der Waals surface area contributed by atoms with Gasteiger partial charge in [-0.15, -0.1) is 12.4 Å². The summed E-state index contributed by atoms with van der Waals surface area (Å²) in [7, 11) is 1.81. The van der Waals surface area contributed by atoms with Crippen LogP contribution in [0.1, 0.15) is 19.3 Å². The third-order valence-electron chi connectivity index (χ3n) is 2.47. The summed E-state index contributed by atoms with van der Waals surface area (Å²) in [5.41, 5.74) is 0.764. The lowest BCUT2D eigenvalue weighted by Gasteiger charge is -2.04. The summed E-state index contributed by atoms with van der Waals surface area (Å²) in [5.74, 6) is 1.52. The van der Waals surface area contributed by atoms with Gasteiger partial charge in [-0.25, -0.2) is 4.98 Å². The van der Waals surface area contributed by atoms with E-state index in [0.717, 1.165) is 11.5 Å². The maximum Gasteiger partial charge on any atom is 0.224 e. The molecule has 2 rings (SSSR count). The predicted molar refractivity (Wildman–Crippen MR) is 67.0 cm³/mol. The van der Waals surface area contributed by atoms with Crippen LogP contribution >= 0.6 is 12.4 Å². The van der Waals surface area contributed by atoms with Crippen molar-refractivity contribution < 1.29 is 4.79 Å². The largest absolute Gasteiger partial charge is 0.373 e. The number of pyridine rings is 1. The van der Waals surface area contributed by atoms with Crippen molar-refractivity contribution in [3.63, 3.8) is 0 Å². The minimum atomic E-state index is 0. The first-order valence-corrected chi connectivity index (χ1v) is 5.21. The van der Waals surface area contributed by atoms with Gasteiger partial charge in [-0.05, 0) is 30.9 Å². The molecule has 1 aromatic heterocycles. The van der Waals surface area contributed by atoms with Crippen LogP contribution in [0.2, 0.25) is 0 Å². The fraction of sp³-hybridized carbons (Fsp3) is 0.455. The SMILES string of the molecule is CNc1ccc(NC(=O)CC2CC2)cn1.Cl. The molecule has 2 N–H and O–H groups in total. The Labute approximate surface area is 101 Å². The summed E-state index contributed by atoms with van der Waals surface area (Å²) in [5, 5.41) is 5.76. The van der Waals surface area contributed by atoms with Crippen LogP contribution in [0.5, 0.6) is 0 Å². The number of rotatable bonds is 4. The third kappa shape index (κ3) is 3.70. The highest BCUT2D eigenvalue weighted by Gasteiger charge is 2.24. The quantitative estimate of drug-likeness (QED) is 0.851. The number of anilines is 2. The van der Waals surface area contributed by atoms with Gasteiger partial charge in [0.2, 0.25) is 5.91 Å². The molecule has 16 heavy (non-hydrogen) atoms. The molecule has 1 fully saturated rings. The van der Waals surface area contributed by atoms with Crippen LogP contribution < -0.4 is 10.6 Å². The monoisotopic (exact) mass is 241 g/mol. The molecule has 0 aliphatic heterocycles. The number of hydrogen-bond acceptors (Lipinski definition) is 3.